The molecule has 0 aromatic rings. The molecule has 1 atom stereocenters. The Kier molecular flexibility index (Phi) is 4.55. The molecule has 1 heterocycles. The average Bonchev–Trinajstić information content (AvgIpc) is 2.19. The molecule has 1 saturated heterocycles. The number of piperidine rings is 1. The Bertz CT molecular complexity index is 186. The SMILES string of the molecule is CCCOCC(=O)C1(C)CCCCN1. The summed E-state index contributed by atoms with van der Waals surface area (Å²) in [6.45, 7) is 5.93. The topological polar surface area (TPSA) is 38.3 Å². The lowest BCUT2D eigenvalue weighted by Crippen LogP contribution is -2.53. The van der Waals surface area contributed by atoms with Crippen molar-refractivity contribution in [3.05, 3.63) is 0 Å². The Morgan fingerprint density at radius 1 is 1.50 bits per heavy atom. The van der Waals surface area contributed by atoms with Crippen molar-refractivity contribution in [2.45, 2.75) is 45.1 Å². The molecule has 82 valence electrons. The third-order valence-corrected chi connectivity index (χ3v) is 2.82. The van der Waals surface area contributed by atoms with E-state index in [2.05, 4.69) is 5.32 Å². The van der Waals surface area contributed by atoms with Gasteiger partial charge in [-0.25, -0.2) is 0 Å². The highest BCUT2D eigenvalue weighted by atomic mass is 16.5. The Labute approximate surface area is 86.2 Å². The number of carbonyl (C=O) groups is 1. The minimum Gasteiger partial charge on any atom is -0.374 e. The van der Waals surface area contributed by atoms with Crippen LogP contribution in [0, 0.1) is 0 Å². The minimum absolute atomic E-state index is 0.200. The number of Topliss-reactive ketones (excluding diaryl/α,β-unsaturated/α-hetero) is 1. The summed E-state index contributed by atoms with van der Waals surface area (Å²) >= 11 is 0. The Morgan fingerprint density at radius 3 is 2.86 bits per heavy atom. The normalized spacial score (nSPS) is 27.6. The summed E-state index contributed by atoms with van der Waals surface area (Å²) in [5.41, 5.74) is -0.327. The van der Waals surface area contributed by atoms with Gasteiger partial charge in [0.1, 0.15) is 6.61 Å². The lowest BCUT2D eigenvalue weighted by molar-refractivity contribution is -0.130. The van der Waals surface area contributed by atoms with E-state index in [9.17, 15) is 4.79 Å². The molecule has 0 radical (unpaired) electrons. The number of ether oxygens (including phenoxy) is 1. The van der Waals surface area contributed by atoms with Crippen LogP contribution in [0.5, 0.6) is 0 Å². The summed E-state index contributed by atoms with van der Waals surface area (Å²) in [5, 5.41) is 3.29. The van der Waals surface area contributed by atoms with Crippen molar-refractivity contribution >= 4 is 5.78 Å². The first-order valence-corrected chi connectivity index (χ1v) is 5.55. The third-order valence-electron chi connectivity index (χ3n) is 2.82. The number of hydrogen-bond donors (Lipinski definition) is 1. The summed E-state index contributed by atoms with van der Waals surface area (Å²) in [6, 6.07) is 0. The van der Waals surface area contributed by atoms with Crippen molar-refractivity contribution in [3.63, 3.8) is 0 Å². The van der Waals surface area contributed by atoms with Crippen molar-refractivity contribution in [1.29, 1.82) is 0 Å². The molecule has 0 aliphatic carbocycles. The first-order valence-electron chi connectivity index (χ1n) is 5.55. The van der Waals surface area contributed by atoms with Gasteiger partial charge in [0.15, 0.2) is 5.78 Å². The van der Waals surface area contributed by atoms with Gasteiger partial charge < -0.3 is 10.1 Å². The van der Waals surface area contributed by atoms with E-state index in [-0.39, 0.29) is 17.9 Å². The molecule has 1 unspecified atom stereocenters. The fraction of sp³-hybridized carbons (Fsp3) is 0.909. The molecule has 1 aliphatic rings. The maximum atomic E-state index is 11.8. The van der Waals surface area contributed by atoms with Gasteiger partial charge in [-0.1, -0.05) is 6.92 Å². The molecule has 0 spiro atoms. The van der Waals surface area contributed by atoms with Gasteiger partial charge in [0.25, 0.3) is 0 Å². The van der Waals surface area contributed by atoms with Gasteiger partial charge >= 0.3 is 0 Å². The number of nitrogens with one attached hydrogen (secondary N) is 1. The molecule has 3 heteroatoms. The molecule has 1 aliphatic heterocycles. The third kappa shape index (κ3) is 3.07. The molecule has 0 aromatic carbocycles. The second-order valence-electron chi connectivity index (χ2n) is 4.19. The van der Waals surface area contributed by atoms with Gasteiger partial charge in [0, 0.05) is 6.61 Å². The zero-order valence-electron chi connectivity index (χ0n) is 9.27. The smallest absolute Gasteiger partial charge is 0.178 e. The maximum absolute atomic E-state index is 11.8. The summed E-state index contributed by atoms with van der Waals surface area (Å²) in [6.07, 6.45) is 4.24. The molecule has 14 heavy (non-hydrogen) atoms. The first-order chi connectivity index (χ1) is 6.69. The van der Waals surface area contributed by atoms with Gasteiger partial charge in [0.2, 0.25) is 0 Å². The molecule has 0 aromatic heterocycles. The summed E-state index contributed by atoms with van der Waals surface area (Å²) in [4.78, 5) is 11.8. The molecule has 0 bridgehead atoms. The molecular formula is C11H21NO2. The van der Waals surface area contributed by atoms with Crippen LogP contribution in [0.15, 0.2) is 0 Å². The lowest BCUT2D eigenvalue weighted by atomic mass is 9.87. The molecule has 0 saturated carbocycles. The van der Waals surface area contributed by atoms with E-state index >= 15 is 0 Å². The van der Waals surface area contributed by atoms with E-state index in [1.807, 2.05) is 13.8 Å². The summed E-state index contributed by atoms with van der Waals surface area (Å²) < 4.78 is 5.27. The van der Waals surface area contributed by atoms with Crippen LogP contribution in [0.25, 0.3) is 0 Å². The minimum atomic E-state index is -0.327. The largest absolute Gasteiger partial charge is 0.374 e. The van der Waals surface area contributed by atoms with Crippen molar-refractivity contribution in [2.75, 3.05) is 19.8 Å². The van der Waals surface area contributed by atoms with E-state index < -0.39 is 0 Å². The van der Waals surface area contributed by atoms with Gasteiger partial charge in [-0.2, -0.15) is 0 Å². The van der Waals surface area contributed by atoms with Gasteiger partial charge in [0.05, 0.1) is 5.54 Å². The molecule has 1 fully saturated rings. The van der Waals surface area contributed by atoms with Crippen molar-refractivity contribution < 1.29 is 9.53 Å². The van der Waals surface area contributed by atoms with Crippen LogP contribution in [-0.4, -0.2) is 31.1 Å². The highest BCUT2D eigenvalue weighted by Gasteiger charge is 2.33. The monoisotopic (exact) mass is 199 g/mol. The van der Waals surface area contributed by atoms with Crippen LogP contribution in [0.2, 0.25) is 0 Å². The van der Waals surface area contributed by atoms with Crippen molar-refractivity contribution in [1.82, 2.24) is 5.32 Å². The zero-order chi connectivity index (χ0) is 10.4. The number of rotatable bonds is 5. The van der Waals surface area contributed by atoms with Crippen LogP contribution in [0.1, 0.15) is 39.5 Å². The van der Waals surface area contributed by atoms with Crippen molar-refractivity contribution in [3.8, 4) is 0 Å². The van der Waals surface area contributed by atoms with Gasteiger partial charge in [-0.15, -0.1) is 0 Å². The van der Waals surface area contributed by atoms with Crippen LogP contribution < -0.4 is 5.32 Å². The van der Waals surface area contributed by atoms with Crippen LogP contribution in [0.4, 0.5) is 0 Å². The van der Waals surface area contributed by atoms with Crippen LogP contribution in [0.3, 0.4) is 0 Å². The van der Waals surface area contributed by atoms with Crippen molar-refractivity contribution in [2.24, 2.45) is 0 Å². The zero-order valence-corrected chi connectivity index (χ0v) is 9.27. The lowest BCUT2D eigenvalue weighted by Gasteiger charge is -2.33. The summed E-state index contributed by atoms with van der Waals surface area (Å²) in [5.74, 6) is 0.200. The number of carbonyl (C=O) groups excluding carboxylic acids is 1. The van der Waals surface area contributed by atoms with E-state index in [0.717, 1.165) is 25.8 Å². The van der Waals surface area contributed by atoms with E-state index in [1.165, 1.54) is 6.42 Å². The Morgan fingerprint density at radius 2 is 2.29 bits per heavy atom. The fourth-order valence-corrected chi connectivity index (χ4v) is 1.76. The second-order valence-corrected chi connectivity index (χ2v) is 4.19. The standard InChI is InChI=1S/C11H21NO2/c1-3-8-14-9-10(13)11(2)6-4-5-7-12-11/h12H,3-9H2,1-2H3. The van der Waals surface area contributed by atoms with Gasteiger partial charge in [-0.3, -0.25) is 4.79 Å². The Hall–Kier alpha value is -0.410. The first kappa shape index (κ1) is 11.7. The molecule has 1 N–H and O–H groups in total. The van der Waals surface area contributed by atoms with E-state index in [1.54, 1.807) is 0 Å². The average molecular weight is 199 g/mol. The van der Waals surface area contributed by atoms with Gasteiger partial charge in [-0.05, 0) is 39.2 Å². The highest BCUT2D eigenvalue weighted by Crippen LogP contribution is 2.19. The number of hydrogen-bond acceptors (Lipinski definition) is 3. The highest BCUT2D eigenvalue weighted by molar-refractivity contribution is 5.89. The maximum Gasteiger partial charge on any atom is 0.178 e. The molecule has 1 rings (SSSR count). The quantitative estimate of drug-likeness (QED) is 0.682. The van der Waals surface area contributed by atoms with E-state index in [0.29, 0.717) is 6.61 Å². The fourth-order valence-electron chi connectivity index (χ4n) is 1.76. The molecule has 3 nitrogen and oxygen atoms in total. The second kappa shape index (κ2) is 5.47. The molecule has 0 amide bonds. The van der Waals surface area contributed by atoms with E-state index in [4.69, 9.17) is 4.74 Å². The number of ketones is 1. The van der Waals surface area contributed by atoms with Crippen LogP contribution >= 0.6 is 0 Å². The van der Waals surface area contributed by atoms with Crippen LogP contribution in [-0.2, 0) is 9.53 Å². The molecular weight excluding hydrogens is 178 g/mol. The predicted octanol–water partition coefficient (Wildman–Crippen LogP) is 1.51. The Balaban J connectivity index is 2.33. The predicted molar refractivity (Wildman–Crippen MR) is 56.4 cm³/mol. The summed E-state index contributed by atoms with van der Waals surface area (Å²) in [7, 11) is 0.